The number of aromatic amines is 1. The number of hydrogen-bond donors (Lipinski definition) is 4. The summed E-state index contributed by atoms with van der Waals surface area (Å²) in [4.78, 5) is 11.3. The minimum atomic E-state index is -3.89. The number of fused-ring (bicyclic) bond motifs is 1. The number of H-pyrrole nitrogens is 1. The van der Waals surface area contributed by atoms with E-state index in [4.69, 9.17) is 11.6 Å². The molecule has 4 aromatic rings. The van der Waals surface area contributed by atoms with E-state index in [0.717, 1.165) is 22.8 Å². The van der Waals surface area contributed by atoms with Crippen LogP contribution < -0.4 is 15.8 Å². The molecule has 162 valence electrons. The van der Waals surface area contributed by atoms with E-state index in [2.05, 4.69) is 31.5 Å². The number of terminal acetylenes is 1. The lowest BCUT2D eigenvalue weighted by Gasteiger charge is -2.11. The van der Waals surface area contributed by atoms with Gasteiger partial charge in [0.05, 0.1) is 11.1 Å². The minimum absolute atomic E-state index is 0.0218. The van der Waals surface area contributed by atoms with Crippen LogP contribution in [0.1, 0.15) is 11.3 Å². The summed E-state index contributed by atoms with van der Waals surface area (Å²) in [6, 6.07) is 12.1. The number of nitrogens with one attached hydrogen (secondary N) is 3. The van der Waals surface area contributed by atoms with Crippen LogP contribution >= 0.6 is 0 Å². The van der Waals surface area contributed by atoms with Gasteiger partial charge in [-0.3, -0.25) is 0 Å². The number of nitrogens with zero attached hydrogens (tertiary/aromatic N) is 2. The number of aryl methyl sites for hydroxylation is 1. The van der Waals surface area contributed by atoms with E-state index >= 15 is 0 Å². The molecule has 0 spiro atoms. The molecule has 8 nitrogen and oxygen atoms in total. The summed E-state index contributed by atoms with van der Waals surface area (Å²) in [7, 11) is -3.89. The van der Waals surface area contributed by atoms with E-state index < -0.39 is 15.8 Å². The lowest BCUT2D eigenvalue weighted by Crippen LogP contribution is -2.14. The van der Waals surface area contributed by atoms with Crippen molar-refractivity contribution in [2.24, 2.45) is 5.14 Å². The summed E-state index contributed by atoms with van der Waals surface area (Å²) in [5.41, 5.74) is 3.28. The van der Waals surface area contributed by atoms with Crippen LogP contribution in [0.15, 0.2) is 53.6 Å². The van der Waals surface area contributed by atoms with Crippen LogP contribution in [0.25, 0.3) is 10.9 Å². The van der Waals surface area contributed by atoms with E-state index in [1.807, 2.05) is 18.2 Å². The van der Waals surface area contributed by atoms with E-state index in [1.165, 1.54) is 6.07 Å². The van der Waals surface area contributed by atoms with Gasteiger partial charge in [-0.15, -0.1) is 12.3 Å². The Labute approximate surface area is 184 Å². The molecule has 2 heterocycles. The molecule has 0 aliphatic rings. The zero-order valence-electron chi connectivity index (χ0n) is 17.0. The third kappa shape index (κ3) is 4.54. The highest BCUT2D eigenvalue weighted by Crippen LogP contribution is 2.25. The Morgan fingerprint density at radius 3 is 2.66 bits per heavy atom. The Balaban J connectivity index is 1.60. The van der Waals surface area contributed by atoms with E-state index in [1.54, 1.807) is 25.1 Å². The van der Waals surface area contributed by atoms with Crippen molar-refractivity contribution in [3.8, 4) is 12.3 Å². The van der Waals surface area contributed by atoms with Gasteiger partial charge >= 0.3 is 0 Å². The van der Waals surface area contributed by atoms with Gasteiger partial charge in [-0.2, -0.15) is 4.98 Å². The first kappa shape index (κ1) is 21.3. The Bertz CT molecular complexity index is 1470. The smallest absolute Gasteiger partial charge is 0.238 e. The Hall–Kier alpha value is -3.94. The van der Waals surface area contributed by atoms with Crippen LogP contribution in [0.3, 0.4) is 0 Å². The SMILES string of the molecule is C#CCc1cc2ccc(Nc3nc(Nc4ccc(C)c(S(N)(=O)=O)c4)ncc3F)cc2[nH]1. The molecular weight excluding hydrogens is 431 g/mol. The van der Waals surface area contributed by atoms with Crippen molar-refractivity contribution in [2.45, 2.75) is 18.2 Å². The number of sulfonamides is 1. The van der Waals surface area contributed by atoms with Gasteiger partial charge in [0.25, 0.3) is 0 Å². The van der Waals surface area contributed by atoms with E-state index in [-0.39, 0.29) is 16.7 Å². The summed E-state index contributed by atoms with van der Waals surface area (Å²) in [6.45, 7) is 1.64. The molecule has 4 rings (SSSR count). The Kier molecular flexibility index (Phi) is 5.52. The molecule has 0 aliphatic carbocycles. The number of anilines is 4. The lowest BCUT2D eigenvalue weighted by molar-refractivity contribution is 0.597. The molecule has 0 aliphatic heterocycles. The van der Waals surface area contributed by atoms with Gasteiger partial charge in [0.2, 0.25) is 16.0 Å². The number of benzene rings is 2. The zero-order chi connectivity index (χ0) is 22.9. The zero-order valence-corrected chi connectivity index (χ0v) is 17.8. The number of rotatable bonds is 6. The van der Waals surface area contributed by atoms with Gasteiger partial charge in [-0.05, 0) is 48.2 Å². The van der Waals surface area contributed by atoms with Crippen molar-refractivity contribution in [2.75, 3.05) is 10.6 Å². The number of nitrogens with two attached hydrogens (primary N) is 1. The first-order valence-corrected chi connectivity index (χ1v) is 11.0. The highest BCUT2D eigenvalue weighted by Gasteiger charge is 2.14. The second-order valence-electron chi connectivity index (χ2n) is 7.14. The van der Waals surface area contributed by atoms with Gasteiger partial charge in [0.1, 0.15) is 0 Å². The van der Waals surface area contributed by atoms with Crippen molar-refractivity contribution in [1.82, 2.24) is 15.0 Å². The first-order valence-electron chi connectivity index (χ1n) is 9.48. The summed E-state index contributed by atoms with van der Waals surface area (Å²) >= 11 is 0. The predicted molar refractivity (Wildman–Crippen MR) is 122 cm³/mol. The number of aromatic nitrogens is 3. The summed E-state index contributed by atoms with van der Waals surface area (Å²) in [5.74, 6) is 1.97. The number of hydrogen-bond acceptors (Lipinski definition) is 6. The molecule has 0 saturated heterocycles. The molecule has 0 atom stereocenters. The van der Waals surface area contributed by atoms with E-state index in [0.29, 0.717) is 23.4 Å². The van der Waals surface area contributed by atoms with Crippen molar-refractivity contribution < 1.29 is 12.8 Å². The van der Waals surface area contributed by atoms with Gasteiger partial charge in [0, 0.05) is 29.0 Å². The number of primary sulfonamides is 1. The fraction of sp³-hybridized carbons (Fsp3) is 0.0909. The monoisotopic (exact) mass is 450 g/mol. The largest absolute Gasteiger partial charge is 0.358 e. The van der Waals surface area contributed by atoms with Crippen LogP contribution in [0.4, 0.5) is 27.5 Å². The highest BCUT2D eigenvalue weighted by molar-refractivity contribution is 7.89. The number of halogens is 1. The average molecular weight is 450 g/mol. The second-order valence-corrected chi connectivity index (χ2v) is 8.67. The van der Waals surface area contributed by atoms with Crippen LogP contribution in [-0.2, 0) is 16.4 Å². The summed E-state index contributed by atoms with van der Waals surface area (Å²) in [6.07, 6.45) is 6.86. The molecule has 0 saturated carbocycles. The first-order chi connectivity index (χ1) is 15.2. The summed E-state index contributed by atoms with van der Waals surface area (Å²) < 4.78 is 37.8. The normalized spacial score (nSPS) is 11.3. The third-order valence-electron chi connectivity index (χ3n) is 4.73. The van der Waals surface area contributed by atoms with E-state index in [9.17, 15) is 12.8 Å². The van der Waals surface area contributed by atoms with Crippen LogP contribution in [-0.4, -0.2) is 23.4 Å². The van der Waals surface area contributed by atoms with Crippen molar-refractivity contribution in [3.63, 3.8) is 0 Å². The molecule has 0 amide bonds. The maximum absolute atomic E-state index is 14.3. The standard InChI is InChI=1S/C22H19FN6O2S/c1-3-4-15-9-14-6-8-16(10-19(14)26-15)27-21-18(23)12-25-22(29-21)28-17-7-5-13(2)20(11-17)32(24,30)31/h1,5-12,26H,4H2,2H3,(H2,24,30,31)(H2,25,27,28,29). The quantitative estimate of drug-likeness (QED) is 0.332. The van der Waals surface area contributed by atoms with Gasteiger partial charge in [0.15, 0.2) is 11.6 Å². The Morgan fingerprint density at radius 2 is 1.91 bits per heavy atom. The molecule has 32 heavy (non-hydrogen) atoms. The minimum Gasteiger partial charge on any atom is -0.358 e. The second kappa shape index (κ2) is 8.30. The average Bonchev–Trinajstić information content (AvgIpc) is 3.13. The summed E-state index contributed by atoms with van der Waals surface area (Å²) in [5, 5.41) is 12.0. The molecule has 0 fully saturated rings. The molecule has 5 N–H and O–H groups in total. The van der Waals surface area contributed by atoms with Gasteiger partial charge in [-0.1, -0.05) is 12.1 Å². The van der Waals surface area contributed by atoms with Crippen LogP contribution in [0, 0.1) is 25.1 Å². The molecular formula is C22H19FN6O2S. The Morgan fingerprint density at radius 1 is 1.16 bits per heavy atom. The third-order valence-corrected chi connectivity index (χ3v) is 5.78. The van der Waals surface area contributed by atoms with Gasteiger partial charge in [-0.25, -0.2) is 22.9 Å². The molecule has 2 aromatic heterocycles. The van der Waals surface area contributed by atoms with Crippen molar-refractivity contribution in [1.29, 1.82) is 0 Å². The molecule has 0 bridgehead atoms. The molecule has 10 heteroatoms. The molecule has 0 radical (unpaired) electrons. The van der Waals surface area contributed by atoms with Crippen molar-refractivity contribution in [3.05, 3.63) is 65.7 Å². The topological polar surface area (TPSA) is 126 Å². The van der Waals surface area contributed by atoms with Crippen molar-refractivity contribution >= 4 is 44.1 Å². The molecule has 0 unspecified atom stereocenters. The maximum atomic E-state index is 14.3. The highest BCUT2D eigenvalue weighted by atomic mass is 32.2. The predicted octanol–water partition coefficient (Wildman–Crippen LogP) is 3.72. The van der Waals surface area contributed by atoms with Gasteiger partial charge < -0.3 is 15.6 Å². The molecule has 2 aromatic carbocycles. The fourth-order valence-corrected chi connectivity index (χ4v) is 4.04. The maximum Gasteiger partial charge on any atom is 0.238 e. The van der Waals surface area contributed by atoms with Crippen LogP contribution in [0.5, 0.6) is 0 Å². The van der Waals surface area contributed by atoms with Crippen LogP contribution in [0.2, 0.25) is 0 Å². The fourth-order valence-electron chi connectivity index (χ4n) is 3.24. The lowest BCUT2D eigenvalue weighted by atomic mass is 10.2.